The number of hydrogen-bond acceptors (Lipinski definition) is 2. The third-order valence-electron chi connectivity index (χ3n) is 4.66. The van der Waals surface area contributed by atoms with Gasteiger partial charge in [0.25, 0.3) is 0 Å². The summed E-state index contributed by atoms with van der Waals surface area (Å²) in [5, 5.41) is 3.55. The van der Waals surface area contributed by atoms with E-state index in [1.54, 1.807) is 17.0 Å². The number of carbonyl (C=O) groups is 2. The van der Waals surface area contributed by atoms with E-state index in [1.165, 1.54) is 0 Å². The lowest BCUT2D eigenvalue weighted by Crippen LogP contribution is -2.50. The minimum atomic E-state index is -0.520. The summed E-state index contributed by atoms with van der Waals surface area (Å²) in [6.07, 6.45) is 0.754. The highest BCUT2D eigenvalue weighted by atomic mass is 35.5. The maximum absolute atomic E-state index is 13.2. The summed E-state index contributed by atoms with van der Waals surface area (Å²) in [6, 6.07) is 14.7. The lowest BCUT2D eigenvalue weighted by Gasteiger charge is -2.31. The molecule has 0 aliphatic carbocycles. The Kier molecular flexibility index (Phi) is 8.06. The summed E-state index contributed by atoms with van der Waals surface area (Å²) in [5.74, 6) is -0.207. The number of rotatable bonds is 8. The van der Waals surface area contributed by atoms with Crippen LogP contribution < -0.4 is 5.32 Å². The van der Waals surface area contributed by atoms with Gasteiger partial charge in [0, 0.05) is 17.6 Å². The zero-order chi connectivity index (χ0) is 20.7. The van der Waals surface area contributed by atoms with Crippen molar-refractivity contribution in [2.75, 3.05) is 0 Å². The summed E-state index contributed by atoms with van der Waals surface area (Å²) in [4.78, 5) is 27.7. The number of nitrogens with zero attached hydrogens (tertiary/aromatic N) is 1. The Morgan fingerprint density at radius 1 is 1.11 bits per heavy atom. The van der Waals surface area contributed by atoms with E-state index in [9.17, 15) is 9.59 Å². The first-order valence-corrected chi connectivity index (χ1v) is 10.1. The second-order valence-electron chi connectivity index (χ2n) is 7.34. The van der Waals surface area contributed by atoms with Crippen molar-refractivity contribution in [1.82, 2.24) is 10.2 Å². The summed E-state index contributed by atoms with van der Waals surface area (Å²) < 4.78 is 0. The maximum Gasteiger partial charge on any atom is 0.243 e. The summed E-state index contributed by atoms with van der Waals surface area (Å²) in [7, 11) is 0. The van der Waals surface area contributed by atoms with Crippen LogP contribution in [0.1, 0.15) is 43.9 Å². The molecule has 1 N–H and O–H groups in total. The molecule has 0 saturated carbocycles. The van der Waals surface area contributed by atoms with Crippen LogP contribution in [0.2, 0.25) is 5.02 Å². The first-order chi connectivity index (χ1) is 13.3. The molecule has 0 aliphatic rings. The Morgan fingerprint density at radius 2 is 1.82 bits per heavy atom. The van der Waals surface area contributed by atoms with E-state index in [1.807, 2.05) is 64.1 Å². The Hall–Kier alpha value is -2.33. The van der Waals surface area contributed by atoms with E-state index in [0.717, 1.165) is 16.7 Å². The quantitative estimate of drug-likeness (QED) is 0.708. The molecule has 0 spiro atoms. The van der Waals surface area contributed by atoms with Crippen LogP contribution in [0.3, 0.4) is 0 Å². The largest absolute Gasteiger partial charge is 0.352 e. The van der Waals surface area contributed by atoms with Crippen LogP contribution in [0.5, 0.6) is 0 Å². The molecule has 0 saturated heterocycles. The van der Waals surface area contributed by atoms with Crippen molar-refractivity contribution in [3.8, 4) is 0 Å². The van der Waals surface area contributed by atoms with Gasteiger partial charge < -0.3 is 10.2 Å². The summed E-state index contributed by atoms with van der Waals surface area (Å²) in [6.45, 7) is 8.19. The zero-order valence-electron chi connectivity index (χ0n) is 17.0. The average Bonchev–Trinajstić information content (AvgIpc) is 2.62. The lowest BCUT2D eigenvalue weighted by atomic mass is 10.0. The summed E-state index contributed by atoms with van der Waals surface area (Å²) >= 11 is 6.07. The molecule has 0 bridgehead atoms. The van der Waals surface area contributed by atoms with Gasteiger partial charge in [0.1, 0.15) is 6.04 Å². The van der Waals surface area contributed by atoms with Gasteiger partial charge in [0.05, 0.1) is 6.42 Å². The van der Waals surface area contributed by atoms with Crippen LogP contribution >= 0.6 is 11.6 Å². The Morgan fingerprint density at radius 3 is 2.43 bits per heavy atom. The molecule has 0 unspecified atom stereocenters. The molecule has 5 heteroatoms. The second-order valence-corrected chi connectivity index (χ2v) is 7.78. The Labute approximate surface area is 172 Å². The van der Waals surface area contributed by atoms with Gasteiger partial charge in [-0.3, -0.25) is 9.59 Å². The van der Waals surface area contributed by atoms with Crippen LogP contribution in [-0.2, 0) is 22.6 Å². The van der Waals surface area contributed by atoms with Crippen molar-refractivity contribution in [3.63, 3.8) is 0 Å². The zero-order valence-corrected chi connectivity index (χ0v) is 17.8. The van der Waals surface area contributed by atoms with Gasteiger partial charge >= 0.3 is 0 Å². The molecular formula is C23H29ClN2O2. The number of halogens is 1. The standard InChI is InChI=1S/C23H29ClN2O2/c1-5-21(23(28)25-16(2)3)26(15-19-11-7-6-9-17(19)4)22(27)14-18-10-8-12-20(24)13-18/h6-13,16,21H,5,14-15H2,1-4H3,(H,25,28)/t21-/m1/s1. The molecule has 2 aromatic rings. The molecule has 0 radical (unpaired) electrons. The van der Waals surface area contributed by atoms with Crippen molar-refractivity contribution in [1.29, 1.82) is 0 Å². The van der Waals surface area contributed by atoms with Gasteiger partial charge in [-0.05, 0) is 56.0 Å². The highest BCUT2D eigenvalue weighted by Crippen LogP contribution is 2.18. The van der Waals surface area contributed by atoms with Crippen molar-refractivity contribution < 1.29 is 9.59 Å². The highest BCUT2D eigenvalue weighted by Gasteiger charge is 2.29. The van der Waals surface area contributed by atoms with E-state index in [2.05, 4.69) is 5.32 Å². The van der Waals surface area contributed by atoms with Crippen molar-refractivity contribution in [2.45, 2.75) is 59.2 Å². The fraction of sp³-hybridized carbons (Fsp3) is 0.391. The van der Waals surface area contributed by atoms with Gasteiger partial charge in [0.15, 0.2) is 0 Å². The molecule has 0 fully saturated rings. The van der Waals surface area contributed by atoms with Crippen molar-refractivity contribution >= 4 is 23.4 Å². The predicted molar refractivity (Wildman–Crippen MR) is 114 cm³/mol. The minimum absolute atomic E-state index is 0.0184. The first kappa shape index (κ1) is 22.0. The van der Waals surface area contributed by atoms with Gasteiger partial charge in [-0.25, -0.2) is 0 Å². The smallest absolute Gasteiger partial charge is 0.243 e. The molecule has 4 nitrogen and oxygen atoms in total. The molecule has 150 valence electrons. The van der Waals surface area contributed by atoms with E-state index in [-0.39, 0.29) is 24.3 Å². The van der Waals surface area contributed by atoms with Gasteiger partial charge in [-0.2, -0.15) is 0 Å². The normalized spacial score (nSPS) is 11.9. The minimum Gasteiger partial charge on any atom is -0.352 e. The van der Waals surface area contributed by atoms with Crippen LogP contribution in [0.25, 0.3) is 0 Å². The topological polar surface area (TPSA) is 49.4 Å². The molecule has 2 aromatic carbocycles. The van der Waals surface area contributed by atoms with E-state index in [4.69, 9.17) is 11.6 Å². The second kappa shape index (κ2) is 10.3. The number of benzene rings is 2. The van der Waals surface area contributed by atoms with E-state index in [0.29, 0.717) is 18.0 Å². The Bertz CT molecular complexity index is 820. The van der Waals surface area contributed by atoms with Gasteiger partial charge in [-0.15, -0.1) is 0 Å². The van der Waals surface area contributed by atoms with Crippen LogP contribution in [0, 0.1) is 6.92 Å². The third kappa shape index (κ3) is 6.10. The SMILES string of the molecule is CC[C@H](C(=O)NC(C)C)N(Cc1ccccc1C)C(=O)Cc1cccc(Cl)c1. The van der Waals surface area contributed by atoms with E-state index < -0.39 is 6.04 Å². The molecule has 0 aromatic heterocycles. The van der Waals surface area contributed by atoms with Crippen LogP contribution in [0.15, 0.2) is 48.5 Å². The fourth-order valence-corrected chi connectivity index (χ4v) is 3.41. The van der Waals surface area contributed by atoms with Crippen molar-refractivity contribution in [2.24, 2.45) is 0 Å². The first-order valence-electron chi connectivity index (χ1n) is 9.70. The molecule has 28 heavy (non-hydrogen) atoms. The number of amides is 2. The predicted octanol–water partition coefficient (Wildman–Crippen LogP) is 4.52. The monoisotopic (exact) mass is 400 g/mol. The Balaban J connectivity index is 2.32. The van der Waals surface area contributed by atoms with Gasteiger partial charge in [-0.1, -0.05) is 54.9 Å². The number of hydrogen-bond donors (Lipinski definition) is 1. The highest BCUT2D eigenvalue weighted by molar-refractivity contribution is 6.30. The van der Waals surface area contributed by atoms with Crippen LogP contribution in [-0.4, -0.2) is 28.8 Å². The molecule has 0 aliphatic heterocycles. The van der Waals surface area contributed by atoms with E-state index >= 15 is 0 Å². The molecular weight excluding hydrogens is 372 g/mol. The fourth-order valence-electron chi connectivity index (χ4n) is 3.19. The summed E-state index contributed by atoms with van der Waals surface area (Å²) in [5.41, 5.74) is 2.98. The molecule has 1 atom stereocenters. The molecule has 0 heterocycles. The average molecular weight is 401 g/mol. The third-order valence-corrected chi connectivity index (χ3v) is 4.90. The van der Waals surface area contributed by atoms with Crippen molar-refractivity contribution in [3.05, 3.63) is 70.2 Å². The maximum atomic E-state index is 13.2. The molecule has 2 rings (SSSR count). The van der Waals surface area contributed by atoms with Crippen LogP contribution in [0.4, 0.5) is 0 Å². The number of carbonyl (C=O) groups excluding carboxylic acids is 2. The lowest BCUT2D eigenvalue weighted by molar-refractivity contribution is -0.141. The number of nitrogens with one attached hydrogen (secondary N) is 1. The molecule has 2 amide bonds. The number of aryl methyl sites for hydroxylation is 1. The van der Waals surface area contributed by atoms with Gasteiger partial charge in [0.2, 0.25) is 11.8 Å².